The van der Waals surface area contributed by atoms with E-state index in [2.05, 4.69) is 35.5 Å². The van der Waals surface area contributed by atoms with Crippen molar-refractivity contribution in [3.63, 3.8) is 0 Å². The molecule has 0 aliphatic carbocycles. The Bertz CT molecular complexity index is 1810. The second-order valence-corrected chi connectivity index (χ2v) is 9.09. The number of hydrogen-bond donors (Lipinski definition) is 3. The van der Waals surface area contributed by atoms with E-state index in [1.165, 1.54) is 12.1 Å². The number of likely N-dealkylation sites (N-methyl/N-ethyl adjacent to an activating group) is 1. The molecular formula is C27H22FN9O. The lowest BCUT2D eigenvalue weighted by atomic mass is 10.1. The average Bonchev–Trinajstić information content (AvgIpc) is 3.52. The lowest BCUT2D eigenvalue weighted by Gasteiger charge is -2.10. The summed E-state index contributed by atoms with van der Waals surface area (Å²) in [5.74, 6) is 0.0519. The second-order valence-electron chi connectivity index (χ2n) is 9.09. The van der Waals surface area contributed by atoms with Gasteiger partial charge in [0.15, 0.2) is 17.1 Å². The van der Waals surface area contributed by atoms with Crippen molar-refractivity contribution in [2.45, 2.75) is 0 Å². The van der Waals surface area contributed by atoms with Crippen LogP contribution in [0.3, 0.4) is 0 Å². The van der Waals surface area contributed by atoms with Crippen LogP contribution in [0.5, 0.6) is 0 Å². The molecule has 1 amide bonds. The molecule has 3 N–H and O–H groups in total. The molecule has 0 aliphatic rings. The summed E-state index contributed by atoms with van der Waals surface area (Å²) >= 11 is 0. The highest BCUT2D eigenvalue weighted by Gasteiger charge is 2.17. The molecule has 0 saturated heterocycles. The highest BCUT2D eigenvalue weighted by Crippen LogP contribution is 2.32. The minimum absolute atomic E-state index is 0.129. The van der Waals surface area contributed by atoms with Crippen molar-refractivity contribution in [1.29, 1.82) is 0 Å². The summed E-state index contributed by atoms with van der Waals surface area (Å²) in [6.45, 7) is 0.267. The number of imidazole rings is 1. The highest BCUT2D eigenvalue weighted by atomic mass is 19.1. The SMILES string of the molecule is CN(C)CC(=O)Nc1cncc(-c2cnc3[nH]nc(-c4nc5c(-c6cccc(F)c6)ccnc5[nH]4)c3c2)c1. The van der Waals surface area contributed by atoms with Gasteiger partial charge in [-0.25, -0.2) is 19.3 Å². The second kappa shape index (κ2) is 9.45. The normalized spacial score (nSPS) is 11.5. The number of aromatic amines is 2. The van der Waals surface area contributed by atoms with E-state index in [9.17, 15) is 9.18 Å². The molecule has 0 radical (unpaired) electrons. The van der Waals surface area contributed by atoms with E-state index in [4.69, 9.17) is 4.98 Å². The summed E-state index contributed by atoms with van der Waals surface area (Å²) in [6.07, 6.45) is 6.68. The topological polar surface area (TPSA) is 128 Å². The van der Waals surface area contributed by atoms with E-state index in [-0.39, 0.29) is 18.3 Å². The maximum Gasteiger partial charge on any atom is 0.238 e. The Morgan fingerprint density at radius 2 is 1.87 bits per heavy atom. The summed E-state index contributed by atoms with van der Waals surface area (Å²) in [5.41, 5.74) is 5.97. The lowest BCUT2D eigenvalue weighted by molar-refractivity contribution is -0.116. The number of benzene rings is 1. The van der Waals surface area contributed by atoms with Gasteiger partial charge in [-0.2, -0.15) is 5.10 Å². The molecule has 11 heteroatoms. The summed E-state index contributed by atoms with van der Waals surface area (Å²) in [6, 6.07) is 12.0. The van der Waals surface area contributed by atoms with Gasteiger partial charge in [-0.1, -0.05) is 12.1 Å². The number of anilines is 1. The van der Waals surface area contributed by atoms with Crippen molar-refractivity contribution in [3.05, 3.63) is 73.1 Å². The molecule has 5 aromatic heterocycles. The number of fused-ring (bicyclic) bond motifs is 2. The third-order valence-corrected chi connectivity index (χ3v) is 5.98. The fraction of sp³-hybridized carbons (Fsp3) is 0.111. The number of nitrogens with one attached hydrogen (secondary N) is 3. The molecule has 0 unspecified atom stereocenters. The standard InChI is InChI=1S/C27H22FN9O/c1-37(2)14-22(38)32-19-9-16(11-29-13-19)17-10-21-24(35-36-25(21)31-12-17)27-33-23-20(6-7-30-26(23)34-27)15-4-3-5-18(28)8-15/h3-13H,14H2,1-2H3,(H,32,38)(H,30,33,34)(H,31,35,36). The third-order valence-electron chi connectivity index (χ3n) is 5.98. The van der Waals surface area contributed by atoms with Crippen LogP contribution in [0.2, 0.25) is 0 Å². The number of aromatic nitrogens is 7. The van der Waals surface area contributed by atoms with Crippen molar-refractivity contribution in [2.75, 3.05) is 26.0 Å². The summed E-state index contributed by atoms with van der Waals surface area (Å²) in [7, 11) is 3.66. The van der Waals surface area contributed by atoms with Crippen LogP contribution in [0, 0.1) is 5.82 Å². The number of rotatable bonds is 6. The van der Waals surface area contributed by atoms with Gasteiger partial charge in [-0.3, -0.25) is 14.9 Å². The monoisotopic (exact) mass is 507 g/mol. The van der Waals surface area contributed by atoms with E-state index in [0.717, 1.165) is 22.1 Å². The van der Waals surface area contributed by atoms with Gasteiger partial charge in [0.2, 0.25) is 5.91 Å². The van der Waals surface area contributed by atoms with Crippen molar-refractivity contribution in [2.24, 2.45) is 0 Å². The van der Waals surface area contributed by atoms with E-state index in [0.29, 0.717) is 39.6 Å². The minimum Gasteiger partial charge on any atom is -0.324 e. The van der Waals surface area contributed by atoms with E-state index in [1.54, 1.807) is 41.8 Å². The van der Waals surface area contributed by atoms with Crippen LogP contribution >= 0.6 is 0 Å². The van der Waals surface area contributed by atoms with Crippen LogP contribution < -0.4 is 5.32 Å². The predicted molar refractivity (Wildman–Crippen MR) is 143 cm³/mol. The molecular weight excluding hydrogens is 485 g/mol. The summed E-state index contributed by atoms with van der Waals surface area (Å²) in [4.78, 5) is 35.2. The number of carbonyl (C=O) groups is 1. The van der Waals surface area contributed by atoms with Gasteiger partial charge in [0, 0.05) is 35.3 Å². The Labute approximate surface area is 216 Å². The molecule has 5 heterocycles. The maximum atomic E-state index is 13.9. The van der Waals surface area contributed by atoms with E-state index < -0.39 is 0 Å². The quantitative estimate of drug-likeness (QED) is 0.307. The molecule has 6 rings (SSSR count). The largest absolute Gasteiger partial charge is 0.324 e. The zero-order chi connectivity index (χ0) is 26.2. The Kier molecular flexibility index (Phi) is 5.81. The van der Waals surface area contributed by atoms with Crippen LogP contribution in [-0.4, -0.2) is 66.6 Å². The third kappa shape index (κ3) is 4.46. The van der Waals surface area contributed by atoms with Gasteiger partial charge in [-0.15, -0.1) is 0 Å². The molecule has 0 bridgehead atoms. The number of hydrogen-bond acceptors (Lipinski definition) is 7. The van der Waals surface area contributed by atoms with Crippen LogP contribution in [0.25, 0.3) is 56.0 Å². The van der Waals surface area contributed by atoms with Gasteiger partial charge in [0.1, 0.15) is 17.0 Å². The van der Waals surface area contributed by atoms with Crippen molar-refractivity contribution in [3.8, 4) is 33.8 Å². The smallest absolute Gasteiger partial charge is 0.238 e. The van der Waals surface area contributed by atoms with Crippen LogP contribution in [0.4, 0.5) is 10.1 Å². The fourth-order valence-electron chi connectivity index (χ4n) is 4.31. The van der Waals surface area contributed by atoms with Gasteiger partial charge < -0.3 is 15.2 Å². The zero-order valence-electron chi connectivity index (χ0n) is 20.5. The van der Waals surface area contributed by atoms with Crippen LogP contribution in [-0.2, 0) is 4.79 Å². The molecule has 0 saturated carbocycles. The van der Waals surface area contributed by atoms with Crippen molar-refractivity contribution < 1.29 is 9.18 Å². The Balaban J connectivity index is 1.38. The molecule has 188 valence electrons. The first-order chi connectivity index (χ1) is 18.4. The zero-order valence-corrected chi connectivity index (χ0v) is 20.5. The van der Waals surface area contributed by atoms with Gasteiger partial charge >= 0.3 is 0 Å². The van der Waals surface area contributed by atoms with Crippen LogP contribution in [0.15, 0.2) is 67.3 Å². The van der Waals surface area contributed by atoms with Crippen molar-refractivity contribution >= 4 is 33.8 Å². The number of pyridine rings is 3. The number of nitrogens with zero attached hydrogens (tertiary/aromatic N) is 6. The van der Waals surface area contributed by atoms with Gasteiger partial charge in [0.25, 0.3) is 0 Å². The Hall–Kier alpha value is -5.03. The average molecular weight is 508 g/mol. The molecule has 10 nitrogen and oxygen atoms in total. The molecule has 6 aromatic rings. The number of carbonyl (C=O) groups excluding carboxylic acids is 1. The molecule has 0 spiro atoms. The molecule has 0 fully saturated rings. The number of H-pyrrole nitrogens is 2. The maximum absolute atomic E-state index is 13.9. The Morgan fingerprint density at radius 3 is 2.71 bits per heavy atom. The number of amides is 1. The summed E-state index contributed by atoms with van der Waals surface area (Å²) < 4.78 is 13.9. The first kappa shape index (κ1) is 23.4. The molecule has 0 atom stereocenters. The predicted octanol–water partition coefficient (Wildman–Crippen LogP) is 4.26. The van der Waals surface area contributed by atoms with E-state index >= 15 is 0 Å². The first-order valence-electron chi connectivity index (χ1n) is 11.8. The van der Waals surface area contributed by atoms with Gasteiger partial charge in [0.05, 0.1) is 23.8 Å². The number of halogens is 1. The van der Waals surface area contributed by atoms with E-state index in [1.807, 2.05) is 32.3 Å². The lowest BCUT2D eigenvalue weighted by Crippen LogP contribution is -2.27. The van der Waals surface area contributed by atoms with Crippen LogP contribution in [0.1, 0.15) is 0 Å². The minimum atomic E-state index is -0.323. The fourth-order valence-corrected chi connectivity index (χ4v) is 4.31. The molecule has 0 aliphatic heterocycles. The van der Waals surface area contributed by atoms with Gasteiger partial charge in [-0.05, 0) is 50.0 Å². The van der Waals surface area contributed by atoms with Crippen molar-refractivity contribution in [1.82, 2.24) is 40.0 Å². The highest BCUT2D eigenvalue weighted by molar-refractivity contribution is 5.96. The Morgan fingerprint density at radius 1 is 1.00 bits per heavy atom. The summed E-state index contributed by atoms with van der Waals surface area (Å²) in [5, 5.41) is 11.0. The first-order valence-corrected chi connectivity index (χ1v) is 11.8. The molecule has 1 aromatic carbocycles. The molecule has 38 heavy (non-hydrogen) atoms.